The molecule has 0 bridgehead atoms. The van der Waals surface area contributed by atoms with Crippen LogP contribution in [0.2, 0.25) is 5.02 Å². The summed E-state index contributed by atoms with van der Waals surface area (Å²) in [5, 5.41) is 11.1. The highest BCUT2D eigenvalue weighted by Crippen LogP contribution is 2.23. The average molecular weight is 292 g/mol. The Labute approximate surface area is 126 Å². The number of piperidine rings is 1. The van der Waals surface area contributed by atoms with Crippen molar-refractivity contribution in [2.24, 2.45) is 5.92 Å². The van der Waals surface area contributed by atoms with Gasteiger partial charge in [-0.25, -0.2) is 0 Å². The lowest BCUT2D eigenvalue weighted by molar-refractivity contribution is 0.0218. The minimum absolute atomic E-state index is 0.245. The predicted octanol–water partition coefficient (Wildman–Crippen LogP) is 2.98. The minimum atomic E-state index is -0.245. The number of aliphatic hydroxyl groups is 1. The maximum absolute atomic E-state index is 10.3. The smallest absolute Gasteiger partial charge is 0.0698 e. The van der Waals surface area contributed by atoms with Gasteiger partial charge in [0.15, 0.2) is 0 Å². The number of nitrogens with zero attached hydrogens (tertiary/aromatic N) is 1. The van der Waals surface area contributed by atoms with E-state index in [4.69, 9.17) is 18.0 Å². The molecular formula is C17H22ClNO. The van der Waals surface area contributed by atoms with Gasteiger partial charge in [0.1, 0.15) is 0 Å². The summed E-state index contributed by atoms with van der Waals surface area (Å²) in [7, 11) is 0. The Hall–Kier alpha value is -1.01. The molecule has 0 amide bonds. The lowest BCUT2D eigenvalue weighted by Gasteiger charge is -2.36. The Morgan fingerprint density at radius 1 is 1.35 bits per heavy atom. The fourth-order valence-corrected chi connectivity index (χ4v) is 2.94. The van der Waals surface area contributed by atoms with Crippen molar-refractivity contribution < 1.29 is 5.11 Å². The van der Waals surface area contributed by atoms with E-state index in [1.165, 1.54) is 5.56 Å². The molecule has 1 aliphatic heterocycles. The first-order chi connectivity index (χ1) is 9.69. The van der Waals surface area contributed by atoms with Crippen LogP contribution in [0.1, 0.15) is 24.8 Å². The Balaban J connectivity index is 1.81. The zero-order chi connectivity index (χ0) is 14.4. The van der Waals surface area contributed by atoms with Crippen molar-refractivity contribution in [3.63, 3.8) is 0 Å². The van der Waals surface area contributed by atoms with E-state index in [-0.39, 0.29) is 6.10 Å². The number of unbranched alkanes of at least 4 members (excludes halogenated alkanes) is 1. The maximum atomic E-state index is 10.3. The maximum Gasteiger partial charge on any atom is 0.0698 e. The molecular weight excluding hydrogens is 270 g/mol. The molecule has 3 heteroatoms. The summed E-state index contributed by atoms with van der Waals surface area (Å²) in [5.74, 6) is 3.01. The molecule has 2 unspecified atom stereocenters. The van der Waals surface area contributed by atoms with Gasteiger partial charge in [0.25, 0.3) is 0 Å². The number of hydrogen-bond acceptors (Lipinski definition) is 2. The van der Waals surface area contributed by atoms with Gasteiger partial charge in [-0.2, -0.15) is 0 Å². The Bertz CT molecular complexity index is 451. The van der Waals surface area contributed by atoms with Crippen LogP contribution < -0.4 is 0 Å². The molecule has 2 atom stereocenters. The predicted molar refractivity (Wildman–Crippen MR) is 83.8 cm³/mol. The van der Waals surface area contributed by atoms with Gasteiger partial charge in [-0.05, 0) is 56.0 Å². The number of halogens is 1. The first-order valence-corrected chi connectivity index (χ1v) is 7.65. The highest BCUT2D eigenvalue weighted by molar-refractivity contribution is 6.30. The molecule has 0 spiro atoms. The van der Waals surface area contributed by atoms with Crippen molar-refractivity contribution >= 4 is 11.6 Å². The molecule has 2 rings (SSSR count). The van der Waals surface area contributed by atoms with Crippen molar-refractivity contribution in [1.29, 1.82) is 0 Å². The van der Waals surface area contributed by atoms with Gasteiger partial charge in [-0.15, -0.1) is 12.3 Å². The topological polar surface area (TPSA) is 23.5 Å². The van der Waals surface area contributed by atoms with E-state index in [1.807, 2.05) is 24.3 Å². The minimum Gasteiger partial charge on any atom is -0.391 e. The number of β-amino-alcohol motifs (C(OH)–C–C–N with tert-alkyl or cyclic N) is 1. The lowest BCUT2D eigenvalue weighted by Crippen LogP contribution is -2.44. The number of aliphatic hydroxyl groups excluding tert-OH is 1. The largest absolute Gasteiger partial charge is 0.391 e. The molecule has 20 heavy (non-hydrogen) atoms. The van der Waals surface area contributed by atoms with Gasteiger partial charge in [-0.1, -0.05) is 23.7 Å². The molecule has 0 aliphatic carbocycles. The third kappa shape index (κ3) is 4.52. The molecule has 0 saturated carbocycles. The molecule has 1 saturated heterocycles. The number of terminal acetylenes is 1. The van der Waals surface area contributed by atoms with Gasteiger partial charge in [0, 0.05) is 18.0 Å². The number of benzene rings is 1. The molecule has 0 radical (unpaired) electrons. The fraction of sp³-hybridized carbons (Fsp3) is 0.529. The molecule has 1 heterocycles. The quantitative estimate of drug-likeness (QED) is 0.666. The van der Waals surface area contributed by atoms with E-state index in [2.05, 4.69) is 10.8 Å². The van der Waals surface area contributed by atoms with Gasteiger partial charge >= 0.3 is 0 Å². The Kier molecular flexibility index (Phi) is 5.91. The van der Waals surface area contributed by atoms with Crippen LogP contribution in [0, 0.1) is 18.3 Å². The second kappa shape index (κ2) is 7.69. The van der Waals surface area contributed by atoms with Gasteiger partial charge < -0.3 is 10.0 Å². The highest BCUT2D eigenvalue weighted by atomic mass is 35.5. The average Bonchev–Trinajstić information content (AvgIpc) is 2.44. The van der Waals surface area contributed by atoms with E-state index < -0.39 is 0 Å². The normalized spacial score (nSPS) is 23.4. The molecule has 0 aromatic heterocycles. The molecule has 108 valence electrons. The number of likely N-dealkylation sites (tertiary alicyclic amines) is 1. The van der Waals surface area contributed by atoms with E-state index in [0.717, 1.165) is 50.3 Å². The standard InChI is InChI=1S/C17H22ClNO/c1-2-3-4-10-19-11-9-15(17(20)13-19)12-14-5-7-16(18)8-6-14/h1,5-8,15,17,20H,3-4,9-13H2. The molecule has 2 nitrogen and oxygen atoms in total. The first-order valence-electron chi connectivity index (χ1n) is 7.27. The van der Waals surface area contributed by atoms with Crippen molar-refractivity contribution in [2.45, 2.75) is 31.8 Å². The summed E-state index contributed by atoms with van der Waals surface area (Å²) in [6, 6.07) is 7.93. The number of rotatable bonds is 5. The van der Waals surface area contributed by atoms with E-state index in [9.17, 15) is 5.11 Å². The molecule has 1 N–H and O–H groups in total. The van der Waals surface area contributed by atoms with Crippen LogP contribution in [0.5, 0.6) is 0 Å². The van der Waals surface area contributed by atoms with Crippen molar-refractivity contribution in [3.05, 3.63) is 34.9 Å². The van der Waals surface area contributed by atoms with Gasteiger partial charge in [-0.3, -0.25) is 0 Å². The lowest BCUT2D eigenvalue weighted by atomic mass is 9.88. The monoisotopic (exact) mass is 291 g/mol. The summed E-state index contributed by atoms with van der Waals surface area (Å²) in [6.45, 7) is 2.82. The third-order valence-corrected chi connectivity index (χ3v) is 4.26. The molecule has 1 aromatic carbocycles. The van der Waals surface area contributed by atoms with Crippen molar-refractivity contribution in [3.8, 4) is 12.3 Å². The van der Waals surface area contributed by atoms with Gasteiger partial charge in [0.2, 0.25) is 0 Å². The van der Waals surface area contributed by atoms with Crippen LogP contribution in [0.15, 0.2) is 24.3 Å². The van der Waals surface area contributed by atoms with E-state index >= 15 is 0 Å². The Morgan fingerprint density at radius 3 is 2.75 bits per heavy atom. The van der Waals surface area contributed by atoms with E-state index in [0.29, 0.717) is 5.92 Å². The highest BCUT2D eigenvalue weighted by Gasteiger charge is 2.27. The fourth-order valence-electron chi connectivity index (χ4n) is 2.81. The zero-order valence-corrected chi connectivity index (χ0v) is 12.5. The third-order valence-electron chi connectivity index (χ3n) is 4.01. The van der Waals surface area contributed by atoms with Crippen LogP contribution in [0.25, 0.3) is 0 Å². The summed E-state index contributed by atoms with van der Waals surface area (Å²) >= 11 is 5.89. The van der Waals surface area contributed by atoms with Crippen LogP contribution in [0.3, 0.4) is 0 Å². The molecule has 1 aliphatic rings. The summed E-state index contributed by atoms with van der Waals surface area (Å²) in [4.78, 5) is 2.32. The second-order valence-corrected chi connectivity index (χ2v) is 5.99. The first kappa shape index (κ1) is 15.4. The van der Waals surface area contributed by atoms with E-state index in [1.54, 1.807) is 0 Å². The van der Waals surface area contributed by atoms with Gasteiger partial charge in [0.05, 0.1) is 6.10 Å². The van der Waals surface area contributed by atoms with Crippen molar-refractivity contribution in [2.75, 3.05) is 19.6 Å². The zero-order valence-electron chi connectivity index (χ0n) is 11.8. The van der Waals surface area contributed by atoms with Crippen molar-refractivity contribution in [1.82, 2.24) is 4.90 Å². The molecule has 1 fully saturated rings. The summed E-state index contributed by atoms with van der Waals surface area (Å²) in [6.07, 6.45) is 8.83. The summed E-state index contributed by atoms with van der Waals surface area (Å²) in [5.41, 5.74) is 1.25. The second-order valence-electron chi connectivity index (χ2n) is 5.55. The van der Waals surface area contributed by atoms with Crippen LogP contribution >= 0.6 is 11.6 Å². The Morgan fingerprint density at radius 2 is 2.10 bits per heavy atom. The van der Waals surface area contributed by atoms with Crippen LogP contribution in [0.4, 0.5) is 0 Å². The number of hydrogen-bond donors (Lipinski definition) is 1. The summed E-state index contributed by atoms with van der Waals surface area (Å²) < 4.78 is 0. The SMILES string of the molecule is C#CCCCN1CCC(Cc2ccc(Cl)cc2)C(O)C1. The van der Waals surface area contributed by atoms with Crippen LogP contribution in [-0.2, 0) is 6.42 Å². The van der Waals surface area contributed by atoms with Crippen LogP contribution in [-0.4, -0.2) is 35.7 Å². The molecule has 1 aromatic rings.